The smallest absolute Gasteiger partial charge is 0.406 e. The van der Waals surface area contributed by atoms with E-state index in [2.05, 4.69) is 4.74 Å². The van der Waals surface area contributed by atoms with Crippen molar-refractivity contribution in [1.29, 1.82) is 0 Å². The van der Waals surface area contributed by atoms with Crippen LogP contribution in [0.2, 0.25) is 0 Å². The van der Waals surface area contributed by atoms with Gasteiger partial charge in [-0.2, -0.15) is 11.8 Å². The first-order valence-electron chi connectivity index (χ1n) is 4.99. The van der Waals surface area contributed by atoms with Crippen LogP contribution in [0, 0.1) is 0 Å². The lowest BCUT2D eigenvalue weighted by Crippen LogP contribution is -2.16. The summed E-state index contributed by atoms with van der Waals surface area (Å²) in [6, 6.07) is 6.07. The van der Waals surface area contributed by atoms with Gasteiger partial charge in [-0.1, -0.05) is 12.1 Å². The van der Waals surface area contributed by atoms with Crippen molar-refractivity contribution >= 4 is 11.8 Å². The zero-order chi connectivity index (χ0) is 11.6. The molecule has 0 aromatic heterocycles. The summed E-state index contributed by atoms with van der Waals surface area (Å²) >= 11 is 1.85. The number of ether oxygens (including phenoxy) is 1. The molecule has 0 spiro atoms. The van der Waals surface area contributed by atoms with Crippen molar-refractivity contribution in [3.8, 4) is 5.75 Å². The van der Waals surface area contributed by atoms with Gasteiger partial charge in [-0.25, -0.2) is 0 Å². The SMILES string of the molecule is FC(F)(F)Oc1ccc(CSC2CC2)cc1. The molecular formula is C11H11F3OS. The van der Waals surface area contributed by atoms with E-state index in [0.717, 1.165) is 16.6 Å². The summed E-state index contributed by atoms with van der Waals surface area (Å²) in [5.41, 5.74) is 1.03. The van der Waals surface area contributed by atoms with Gasteiger partial charge in [0.05, 0.1) is 0 Å². The van der Waals surface area contributed by atoms with Gasteiger partial charge in [0.25, 0.3) is 0 Å². The van der Waals surface area contributed by atoms with Crippen LogP contribution in [0.1, 0.15) is 18.4 Å². The molecule has 0 N–H and O–H groups in total. The zero-order valence-electron chi connectivity index (χ0n) is 8.46. The predicted molar refractivity (Wildman–Crippen MR) is 57.4 cm³/mol. The largest absolute Gasteiger partial charge is 0.573 e. The van der Waals surface area contributed by atoms with Crippen LogP contribution in [0.25, 0.3) is 0 Å². The lowest BCUT2D eigenvalue weighted by molar-refractivity contribution is -0.274. The van der Waals surface area contributed by atoms with Gasteiger partial charge in [-0.05, 0) is 30.5 Å². The molecule has 88 valence electrons. The number of halogens is 3. The van der Waals surface area contributed by atoms with Gasteiger partial charge in [0, 0.05) is 11.0 Å². The molecule has 1 aliphatic rings. The topological polar surface area (TPSA) is 9.23 Å². The van der Waals surface area contributed by atoms with Crippen LogP contribution in [-0.2, 0) is 5.75 Å². The highest BCUT2D eigenvalue weighted by atomic mass is 32.2. The van der Waals surface area contributed by atoms with E-state index in [4.69, 9.17) is 0 Å². The molecule has 0 unspecified atom stereocenters. The second kappa shape index (κ2) is 4.57. The minimum Gasteiger partial charge on any atom is -0.406 e. The number of hydrogen-bond donors (Lipinski definition) is 0. The molecule has 1 aliphatic carbocycles. The molecule has 1 nitrogen and oxygen atoms in total. The Labute approximate surface area is 96.0 Å². The van der Waals surface area contributed by atoms with Crippen molar-refractivity contribution in [2.45, 2.75) is 30.2 Å². The molecule has 5 heteroatoms. The molecule has 0 heterocycles. The molecule has 1 fully saturated rings. The molecule has 0 radical (unpaired) electrons. The number of thioether (sulfide) groups is 1. The van der Waals surface area contributed by atoms with Crippen LogP contribution in [-0.4, -0.2) is 11.6 Å². The van der Waals surface area contributed by atoms with E-state index in [9.17, 15) is 13.2 Å². The lowest BCUT2D eigenvalue weighted by Gasteiger charge is -2.09. The van der Waals surface area contributed by atoms with Crippen molar-refractivity contribution in [2.75, 3.05) is 0 Å². The summed E-state index contributed by atoms with van der Waals surface area (Å²) < 4.78 is 39.4. The minimum absolute atomic E-state index is 0.160. The van der Waals surface area contributed by atoms with Crippen molar-refractivity contribution in [3.05, 3.63) is 29.8 Å². The Kier molecular flexibility index (Phi) is 3.33. The molecule has 2 rings (SSSR count). The molecule has 0 aliphatic heterocycles. The van der Waals surface area contributed by atoms with Crippen molar-refractivity contribution in [3.63, 3.8) is 0 Å². The molecule has 1 saturated carbocycles. The Morgan fingerprint density at radius 2 is 1.81 bits per heavy atom. The van der Waals surface area contributed by atoms with Crippen molar-refractivity contribution < 1.29 is 17.9 Å². The molecule has 0 atom stereocenters. The van der Waals surface area contributed by atoms with Gasteiger partial charge in [0.1, 0.15) is 5.75 Å². The summed E-state index contributed by atoms with van der Waals surface area (Å²) in [6.45, 7) is 0. The quantitative estimate of drug-likeness (QED) is 0.797. The maximum Gasteiger partial charge on any atom is 0.573 e. The summed E-state index contributed by atoms with van der Waals surface area (Å²) in [7, 11) is 0. The van der Waals surface area contributed by atoms with Crippen LogP contribution in [0.5, 0.6) is 5.75 Å². The van der Waals surface area contributed by atoms with Crippen LogP contribution in [0.4, 0.5) is 13.2 Å². The maximum atomic E-state index is 11.9. The Hall–Kier alpha value is -0.840. The highest BCUT2D eigenvalue weighted by Crippen LogP contribution is 2.36. The maximum absolute atomic E-state index is 11.9. The summed E-state index contributed by atoms with van der Waals surface area (Å²) in [6.07, 6.45) is -2.08. The lowest BCUT2D eigenvalue weighted by atomic mass is 10.2. The van der Waals surface area contributed by atoms with E-state index in [-0.39, 0.29) is 5.75 Å². The standard InChI is InChI=1S/C11H11F3OS/c12-11(13,14)15-9-3-1-8(2-4-9)7-16-10-5-6-10/h1-4,10H,5-7H2. The Balaban J connectivity index is 1.87. The number of benzene rings is 1. The first-order chi connectivity index (χ1) is 7.53. The fraction of sp³-hybridized carbons (Fsp3) is 0.455. The highest BCUT2D eigenvalue weighted by molar-refractivity contribution is 7.99. The third-order valence-corrected chi connectivity index (χ3v) is 3.61. The molecule has 1 aromatic rings. The normalized spacial score (nSPS) is 16.2. The van der Waals surface area contributed by atoms with E-state index < -0.39 is 6.36 Å². The monoisotopic (exact) mass is 248 g/mol. The minimum atomic E-state index is -4.61. The highest BCUT2D eigenvalue weighted by Gasteiger charge is 2.30. The molecule has 0 saturated heterocycles. The molecule has 0 bridgehead atoms. The first-order valence-corrected chi connectivity index (χ1v) is 6.04. The van der Waals surface area contributed by atoms with E-state index in [0.29, 0.717) is 0 Å². The molecule has 1 aromatic carbocycles. The Morgan fingerprint density at radius 3 is 2.31 bits per heavy atom. The average molecular weight is 248 g/mol. The number of hydrogen-bond acceptors (Lipinski definition) is 2. The third kappa shape index (κ3) is 3.96. The van der Waals surface area contributed by atoms with E-state index in [1.807, 2.05) is 11.8 Å². The van der Waals surface area contributed by atoms with Gasteiger partial charge in [-0.3, -0.25) is 0 Å². The molecule has 0 amide bonds. The summed E-state index contributed by atoms with van der Waals surface area (Å²) in [5, 5.41) is 0.756. The van der Waals surface area contributed by atoms with Gasteiger partial charge < -0.3 is 4.74 Å². The van der Waals surface area contributed by atoms with Gasteiger partial charge in [-0.15, -0.1) is 13.2 Å². The summed E-state index contributed by atoms with van der Waals surface area (Å²) in [5.74, 6) is 0.699. The second-order valence-corrected chi connectivity index (χ2v) is 4.99. The van der Waals surface area contributed by atoms with E-state index in [1.165, 1.54) is 25.0 Å². The second-order valence-electron chi connectivity index (χ2n) is 3.70. The number of rotatable bonds is 4. The summed E-state index contributed by atoms with van der Waals surface area (Å²) in [4.78, 5) is 0. The number of alkyl halides is 3. The van der Waals surface area contributed by atoms with Crippen LogP contribution in [0.15, 0.2) is 24.3 Å². The molecule has 16 heavy (non-hydrogen) atoms. The predicted octanol–water partition coefficient (Wildman–Crippen LogP) is 3.98. The fourth-order valence-electron chi connectivity index (χ4n) is 1.24. The average Bonchev–Trinajstić information content (AvgIpc) is 2.98. The van der Waals surface area contributed by atoms with Crippen molar-refractivity contribution in [2.24, 2.45) is 0 Å². The van der Waals surface area contributed by atoms with Crippen LogP contribution in [0.3, 0.4) is 0 Å². The van der Waals surface area contributed by atoms with Gasteiger partial charge in [0.2, 0.25) is 0 Å². The van der Waals surface area contributed by atoms with E-state index >= 15 is 0 Å². The van der Waals surface area contributed by atoms with E-state index in [1.54, 1.807) is 12.1 Å². The Morgan fingerprint density at radius 1 is 1.19 bits per heavy atom. The van der Waals surface area contributed by atoms with Crippen molar-refractivity contribution in [1.82, 2.24) is 0 Å². The first kappa shape index (κ1) is 11.6. The van der Waals surface area contributed by atoms with Crippen LogP contribution >= 0.6 is 11.8 Å². The van der Waals surface area contributed by atoms with Crippen LogP contribution < -0.4 is 4.74 Å². The van der Waals surface area contributed by atoms with Gasteiger partial charge in [0.15, 0.2) is 0 Å². The fourth-order valence-corrected chi connectivity index (χ4v) is 2.33. The Bertz CT molecular complexity index is 343. The zero-order valence-corrected chi connectivity index (χ0v) is 9.27. The molecular weight excluding hydrogens is 237 g/mol. The third-order valence-electron chi connectivity index (χ3n) is 2.17. The van der Waals surface area contributed by atoms with Gasteiger partial charge >= 0.3 is 6.36 Å².